The highest BCUT2D eigenvalue weighted by Gasteiger charge is 2.37. The third-order valence-corrected chi connectivity index (χ3v) is 2.86. The number of nitrogens with zero attached hydrogens (tertiary/aromatic N) is 1. The van der Waals surface area contributed by atoms with Crippen molar-refractivity contribution in [2.24, 2.45) is 0 Å². The van der Waals surface area contributed by atoms with Gasteiger partial charge in [-0.25, -0.2) is 4.79 Å². The molecule has 1 rings (SSSR count). The summed E-state index contributed by atoms with van der Waals surface area (Å²) in [7, 11) is 0.895. The highest BCUT2D eigenvalue weighted by molar-refractivity contribution is 14.1. The Morgan fingerprint density at radius 3 is 2.39 bits per heavy atom. The summed E-state index contributed by atoms with van der Waals surface area (Å²) in [6.07, 6.45) is -4.79. The van der Waals surface area contributed by atoms with Gasteiger partial charge in [-0.15, -0.1) is 0 Å². The number of ether oxygens (including phenoxy) is 1. The van der Waals surface area contributed by atoms with E-state index in [1.54, 1.807) is 0 Å². The molecule has 0 aromatic heterocycles. The van der Waals surface area contributed by atoms with Crippen LogP contribution in [-0.2, 0) is 10.9 Å². The fraction of sp³-hybridized carbons (Fsp3) is 0.222. The predicted molar refractivity (Wildman–Crippen MR) is 62.2 cm³/mol. The molecule has 0 atom stereocenters. The van der Waals surface area contributed by atoms with Gasteiger partial charge in [0, 0.05) is 6.07 Å². The van der Waals surface area contributed by atoms with Crippen LogP contribution in [0.15, 0.2) is 12.1 Å². The number of nitro groups is 1. The van der Waals surface area contributed by atoms with Crippen LogP contribution in [0.3, 0.4) is 0 Å². The first-order valence-corrected chi connectivity index (χ1v) is 5.39. The molecular formula is C9H5F3INO4. The average molecular weight is 375 g/mol. The Labute approximate surface area is 112 Å². The minimum absolute atomic E-state index is 0.211. The minimum Gasteiger partial charge on any atom is -0.465 e. The van der Waals surface area contributed by atoms with Crippen LogP contribution in [0.25, 0.3) is 0 Å². The maximum absolute atomic E-state index is 12.7. The zero-order valence-electron chi connectivity index (χ0n) is 8.75. The molecule has 18 heavy (non-hydrogen) atoms. The van der Waals surface area contributed by atoms with Crippen LogP contribution in [0.4, 0.5) is 18.9 Å². The number of carbonyl (C=O) groups excluding carboxylic acids is 1. The van der Waals surface area contributed by atoms with E-state index in [2.05, 4.69) is 4.74 Å². The van der Waals surface area contributed by atoms with Crippen molar-refractivity contribution in [3.8, 4) is 0 Å². The maximum atomic E-state index is 12.7. The second-order valence-corrected chi connectivity index (χ2v) is 4.26. The fourth-order valence-corrected chi connectivity index (χ4v) is 1.88. The Balaban J connectivity index is 3.57. The van der Waals surface area contributed by atoms with E-state index in [9.17, 15) is 28.1 Å². The normalized spacial score (nSPS) is 11.2. The monoisotopic (exact) mass is 375 g/mol. The maximum Gasteiger partial charge on any atom is 0.417 e. The Morgan fingerprint density at radius 2 is 2.00 bits per heavy atom. The molecule has 0 N–H and O–H groups in total. The molecule has 0 unspecified atom stereocenters. The largest absolute Gasteiger partial charge is 0.465 e. The van der Waals surface area contributed by atoms with E-state index < -0.39 is 33.9 Å². The molecule has 0 aliphatic rings. The molecule has 0 bridgehead atoms. The number of rotatable bonds is 2. The Kier molecular flexibility index (Phi) is 4.14. The van der Waals surface area contributed by atoms with Crippen LogP contribution in [-0.4, -0.2) is 18.0 Å². The zero-order valence-corrected chi connectivity index (χ0v) is 10.9. The van der Waals surface area contributed by atoms with Crippen molar-refractivity contribution in [2.45, 2.75) is 6.18 Å². The molecule has 0 amide bonds. The highest BCUT2D eigenvalue weighted by atomic mass is 127. The predicted octanol–water partition coefficient (Wildman–Crippen LogP) is 3.00. The van der Waals surface area contributed by atoms with Crippen molar-refractivity contribution in [3.05, 3.63) is 36.9 Å². The van der Waals surface area contributed by atoms with Crippen LogP contribution in [0, 0.1) is 13.7 Å². The van der Waals surface area contributed by atoms with Gasteiger partial charge in [0.2, 0.25) is 0 Å². The van der Waals surface area contributed by atoms with Crippen LogP contribution < -0.4 is 0 Å². The van der Waals surface area contributed by atoms with E-state index in [4.69, 9.17) is 0 Å². The Bertz CT molecular complexity index is 515. The number of hydrogen-bond donors (Lipinski definition) is 0. The van der Waals surface area contributed by atoms with Crippen LogP contribution in [0.2, 0.25) is 0 Å². The van der Waals surface area contributed by atoms with Gasteiger partial charge in [0.1, 0.15) is 0 Å². The van der Waals surface area contributed by atoms with Crippen LogP contribution >= 0.6 is 22.6 Å². The molecule has 0 spiro atoms. The topological polar surface area (TPSA) is 69.4 Å². The van der Waals surface area contributed by atoms with E-state index in [0.29, 0.717) is 12.1 Å². The molecule has 0 heterocycles. The number of esters is 1. The van der Waals surface area contributed by atoms with Gasteiger partial charge in [0.15, 0.2) is 0 Å². The molecule has 0 saturated heterocycles. The van der Waals surface area contributed by atoms with Crippen LogP contribution in [0.1, 0.15) is 15.9 Å². The molecule has 98 valence electrons. The number of halogens is 4. The number of nitro benzene ring substituents is 1. The molecule has 0 radical (unpaired) electrons. The summed E-state index contributed by atoms with van der Waals surface area (Å²) in [5.74, 6) is -1.28. The van der Waals surface area contributed by atoms with Gasteiger partial charge in [0.05, 0.1) is 26.7 Å². The van der Waals surface area contributed by atoms with E-state index in [1.807, 2.05) is 0 Å². The second kappa shape index (κ2) is 5.08. The summed E-state index contributed by atoms with van der Waals surface area (Å²) < 4.78 is 42.0. The lowest BCUT2D eigenvalue weighted by molar-refractivity contribution is -0.385. The molecule has 1 aromatic rings. The lowest BCUT2D eigenvalue weighted by Crippen LogP contribution is -2.15. The molecule has 0 aliphatic carbocycles. The summed E-state index contributed by atoms with van der Waals surface area (Å²) in [5, 5.41) is 10.6. The van der Waals surface area contributed by atoms with Crippen molar-refractivity contribution in [1.29, 1.82) is 0 Å². The molecule has 0 saturated carbocycles. The summed E-state index contributed by atoms with van der Waals surface area (Å²) in [6, 6.07) is 1.11. The van der Waals surface area contributed by atoms with Gasteiger partial charge in [-0.05, 0) is 28.7 Å². The number of carbonyl (C=O) groups is 1. The van der Waals surface area contributed by atoms with Crippen molar-refractivity contribution >= 4 is 34.2 Å². The smallest absolute Gasteiger partial charge is 0.417 e. The molecular weight excluding hydrogens is 370 g/mol. The lowest BCUT2D eigenvalue weighted by atomic mass is 10.1. The summed E-state index contributed by atoms with van der Waals surface area (Å²) >= 11 is 1.40. The summed E-state index contributed by atoms with van der Waals surface area (Å²) in [4.78, 5) is 21.0. The lowest BCUT2D eigenvalue weighted by Gasteiger charge is -2.11. The molecule has 5 nitrogen and oxygen atoms in total. The fourth-order valence-electron chi connectivity index (χ4n) is 1.22. The third kappa shape index (κ3) is 2.89. The van der Waals surface area contributed by atoms with Crippen molar-refractivity contribution in [3.63, 3.8) is 0 Å². The van der Waals surface area contributed by atoms with Crippen LogP contribution in [0.5, 0.6) is 0 Å². The first-order chi connectivity index (χ1) is 8.18. The van der Waals surface area contributed by atoms with Gasteiger partial charge in [-0.3, -0.25) is 10.1 Å². The average Bonchev–Trinajstić information content (AvgIpc) is 2.26. The standard InChI is InChI=1S/C9H5F3INO4/c1-18-8(15)4-2-7(14(16)17)6(13)3-5(4)9(10,11)12/h2-3H,1H3. The van der Waals surface area contributed by atoms with Crippen molar-refractivity contribution in [2.75, 3.05) is 7.11 Å². The third-order valence-electron chi connectivity index (χ3n) is 1.99. The molecule has 9 heteroatoms. The van der Waals surface area contributed by atoms with Gasteiger partial charge >= 0.3 is 12.1 Å². The quantitative estimate of drug-likeness (QED) is 0.345. The first kappa shape index (κ1) is 14.7. The zero-order chi connectivity index (χ0) is 14.1. The van der Waals surface area contributed by atoms with Gasteiger partial charge in [0.25, 0.3) is 5.69 Å². The van der Waals surface area contributed by atoms with Gasteiger partial charge in [-0.1, -0.05) is 0 Å². The SMILES string of the molecule is COC(=O)c1cc([N+](=O)[O-])c(I)cc1C(F)(F)F. The molecule has 1 aromatic carbocycles. The minimum atomic E-state index is -4.79. The first-order valence-electron chi connectivity index (χ1n) is 4.32. The number of benzene rings is 1. The Hall–Kier alpha value is -1.39. The van der Waals surface area contributed by atoms with Crippen molar-refractivity contribution in [1.82, 2.24) is 0 Å². The van der Waals surface area contributed by atoms with E-state index in [0.717, 1.165) is 7.11 Å². The van der Waals surface area contributed by atoms with Gasteiger partial charge < -0.3 is 4.74 Å². The van der Waals surface area contributed by atoms with E-state index in [-0.39, 0.29) is 3.57 Å². The van der Waals surface area contributed by atoms with E-state index >= 15 is 0 Å². The molecule has 0 fully saturated rings. The van der Waals surface area contributed by atoms with Crippen molar-refractivity contribution < 1.29 is 27.6 Å². The van der Waals surface area contributed by atoms with Gasteiger partial charge in [-0.2, -0.15) is 13.2 Å². The summed E-state index contributed by atoms with van der Waals surface area (Å²) in [6.45, 7) is 0. The summed E-state index contributed by atoms with van der Waals surface area (Å²) in [5.41, 5.74) is -2.72. The number of alkyl halides is 3. The number of hydrogen-bond acceptors (Lipinski definition) is 4. The highest BCUT2D eigenvalue weighted by Crippen LogP contribution is 2.36. The van der Waals surface area contributed by atoms with E-state index in [1.165, 1.54) is 22.6 Å². The molecule has 0 aliphatic heterocycles. The second-order valence-electron chi connectivity index (χ2n) is 3.10. The Morgan fingerprint density at radius 1 is 1.44 bits per heavy atom. The number of methoxy groups -OCH3 is 1.